The summed E-state index contributed by atoms with van der Waals surface area (Å²) in [7, 11) is 0. The highest BCUT2D eigenvalue weighted by molar-refractivity contribution is 6.04. The minimum atomic E-state index is -0.184. The van der Waals surface area contributed by atoms with Crippen LogP contribution in [-0.4, -0.2) is 22.3 Å². The van der Waals surface area contributed by atoms with Crippen molar-refractivity contribution in [3.63, 3.8) is 0 Å². The maximum atomic E-state index is 12.4. The molecule has 0 saturated heterocycles. The number of carbonyl (C=O) groups is 1. The Morgan fingerprint density at radius 2 is 2.04 bits per heavy atom. The average Bonchev–Trinajstić information content (AvgIpc) is 3.02. The van der Waals surface area contributed by atoms with Crippen LogP contribution in [0.2, 0.25) is 0 Å². The Balaban J connectivity index is 1.66. The Labute approximate surface area is 147 Å². The van der Waals surface area contributed by atoms with Crippen molar-refractivity contribution in [1.82, 2.24) is 9.78 Å². The van der Waals surface area contributed by atoms with Crippen LogP contribution in [0.3, 0.4) is 0 Å². The van der Waals surface area contributed by atoms with E-state index < -0.39 is 0 Å². The van der Waals surface area contributed by atoms with Gasteiger partial charge in [0.15, 0.2) is 0 Å². The molecular formula is C20H21N3O2. The van der Waals surface area contributed by atoms with E-state index in [2.05, 4.69) is 35.5 Å². The smallest absolute Gasteiger partial charge is 0.255 e. The second-order valence-electron chi connectivity index (χ2n) is 5.83. The van der Waals surface area contributed by atoms with Gasteiger partial charge in [0, 0.05) is 11.8 Å². The quantitative estimate of drug-likeness (QED) is 0.743. The Bertz CT molecular complexity index is 871. The number of nitrogens with zero attached hydrogens (tertiary/aromatic N) is 2. The van der Waals surface area contributed by atoms with Crippen molar-refractivity contribution in [2.75, 3.05) is 11.9 Å². The first-order valence-corrected chi connectivity index (χ1v) is 8.26. The fourth-order valence-corrected chi connectivity index (χ4v) is 2.61. The van der Waals surface area contributed by atoms with Crippen LogP contribution >= 0.6 is 0 Å². The molecule has 0 aliphatic rings. The highest BCUT2D eigenvalue weighted by Crippen LogP contribution is 2.15. The number of hydrogen-bond donors (Lipinski definition) is 1. The molecule has 0 bridgehead atoms. The fraction of sp³-hybridized carbons (Fsp3) is 0.200. The van der Waals surface area contributed by atoms with Gasteiger partial charge in [-0.1, -0.05) is 35.9 Å². The molecule has 128 valence electrons. The first-order chi connectivity index (χ1) is 12.1. The Kier molecular flexibility index (Phi) is 5.14. The van der Waals surface area contributed by atoms with Crippen molar-refractivity contribution in [2.24, 2.45) is 0 Å². The molecule has 2 aromatic carbocycles. The van der Waals surface area contributed by atoms with Gasteiger partial charge in [-0.2, -0.15) is 5.10 Å². The summed E-state index contributed by atoms with van der Waals surface area (Å²) in [5, 5.41) is 7.18. The van der Waals surface area contributed by atoms with Crippen LogP contribution in [-0.2, 0) is 6.54 Å². The lowest BCUT2D eigenvalue weighted by molar-refractivity contribution is 0.102. The summed E-state index contributed by atoms with van der Waals surface area (Å²) in [4.78, 5) is 12.4. The Hall–Kier alpha value is -3.08. The summed E-state index contributed by atoms with van der Waals surface area (Å²) >= 11 is 0. The number of ether oxygens (including phenoxy) is 1. The third kappa shape index (κ3) is 4.47. The van der Waals surface area contributed by atoms with E-state index in [1.807, 2.05) is 25.3 Å². The number of aryl methyl sites for hydroxylation is 1. The van der Waals surface area contributed by atoms with Gasteiger partial charge >= 0.3 is 0 Å². The van der Waals surface area contributed by atoms with Gasteiger partial charge in [-0.25, -0.2) is 0 Å². The molecule has 0 aliphatic carbocycles. The molecule has 25 heavy (non-hydrogen) atoms. The predicted molar refractivity (Wildman–Crippen MR) is 98.1 cm³/mol. The second-order valence-corrected chi connectivity index (χ2v) is 5.83. The fourth-order valence-electron chi connectivity index (χ4n) is 2.61. The topological polar surface area (TPSA) is 56.1 Å². The molecule has 1 aromatic heterocycles. The summed E-state index contributed by atoms with van der Waals surface area (Å²) in [6.07, 6.45) is 3.48. The van der Waals surface area contributed by atoms with Gasteiger partial charge in [-0.15, -0.1) is 0 Å². The van der Waals surface area contributed by atoms with Crippen molar-refractivity contribution in [1.29, 1.82) is 0 Å². The summed E-state index contributed by atoms with van der Waals surface area (Å²) in [5.74, 6) is 0.502. The van der Waals surface area contributed by atoms with E-state index in [0.717, 1.165) is 0 Å². The van der Waals surface area contributed by atoms with Crippen LogP contribution in [0.5, 0.6) is 5.75 Å². The largest absolute Gasteiger partial charge is 0.494 e. The van der Waals surface area contributed by atoms with E-state index in [-0.39, 0.29) is 5.91 Å². The minimum absolute atomic E-state index is 0.184. The molecule has 0 saturated carbocycles. The molecule has 0 fully saturated rings. The molecule has 1 amide bonds. The molecule has 0 unspecified atom stereocenters. The second kappa shape index (κ2) is 7.66. The standard InChI is InChI=1S/C20H21N3O2/c1-3-25-19-9-5-8-17(11-19)20(24)22-18-12-21-23(14-18)13-16-7-4-6-15(2)10-16/h4-12,14H,3,13H2,1-2H3,(H,22,24). The van der Waals surface area contributed by atoms with E-state index in [1.165, 1.54) is 11.1 Å². The lowest BCUT2D eigenvalue weighted by atomic mass is 10.1. The molecule has 0 spiro atoms. The first-order valence-electron chi connectivity index (χ1n) is 8.26. The van der Waals surface area contributed by atoms with Gasteiger partial charge in [-0.3, -0.25) is 9.48 Å². The number of benzene rings is 2. The zero-order valence-corrected chi connectivity index (χ0v) is 14.4. The third-order valence-electron chi connectivity index (χ3n) is 3.73. The van der Waals surface area contributed by atoms with Gasteiger partial charge in [-0.05, 0) is 37.6 Å². The predicted octanol–water partition coefficient (Wildman–Crippen LogP) is 3.89. The van der Waals surface area contributed by atoms with Crippen molar-refractivity contribution in [3.05, 3.63) is 77.6 Å². The molecule has 3 aromatic rings. The van der Waals surface area contributed by atoms with E-state index in [0.29, 0.717) is 30.2 Å². The minimum Gasteiger partial charge on any atom is -0.494 e. The molecule has 1 N–H and O–H groups in total. The normalized spacial score (nSPS) is 10.5. The van der Waals surface area contributed by atoms with Gasteiger partial charge in [0.1, 0.15) is 5.75 Å². The van der Waals surface area contributed by atoms with Gasteiger partial charge in [0.2, 0.25) is 0 Å². The lowest BCUT2D eigenvalue weighted by Gasteiger charge is -2.06. The highest BCUT2D eigenvalue weighted by atomic mass is 16.5. The number of amides is 1. The van der Waals surface area contributed by atoms with E-state index >= 15 is 0 Å². The molecule has 3 rings (SSSR count). The maximum absolute atomic E-state index is 12.4. The van der Waals surface area contributed by atoms with E-state index in [1.54, 1.807) is 29.1 Å². The lowest BCUT2D eigenvalue weighted by Crippen LogP contribution is -2.11. The number of hydrogen-bond acceptors (Lipinski definition) is 3. The first kappa shape index (κ1) is 16.8. The molecule has 5 heteroatoms. The van der Waals surface area contributed by atoms with Crippen molar-refractivity contribution < 1.29 is 9.53 Å². The van der Waals surface area contributed by atoms with Crippen LogP contribution in [0.4, 0.5) is 5.69 Å². The van der Waals surface area contributed by atoms with Crippen LogP contribution < -0.4 is 10.1 Å². The van der Waals surface area contributed by atoms with Crippen LogP contribution in [0.15, 0.2) is 60.9 Å². The van der Waals surface area contributed by atoms with E-state index in [9.17, 15) is 4.79 Å². The zero-order valence-electron chi connectivity index (χ0n) is 14.4. The molecule has 1 heterocycles. The monoisotopic (exact) mass is 335 g/mol. The molecular weight excluding hydrogens is 314 g/mol. The van der Waals surface area contributed by atoms with Crippen LogP contribution in [0.1, 0.15) is 28.4 Å². The van der Waals surface area contributed by atoms with Crippen molar-refractivity contribution in [2.45, 2.75) is 20.4 Å². The van der Waals surface area contributed by atoms with Crippen molar-refractivity contribution >= 4 is 11.6 Å². The van der Waals surface area contributed by atoms with Gasteiger partial charge in [0.25, 0.3) is 5.91 Å². The van der Waals surface area contributed by atoms with Crippen LogP contribution in [0.25, 0.3) is 0 Å². The molecule has 0 aliphatic heterocycles. The summed E-state index contributed by atoms with van der Waals surface area (Å²) in [6.45, 7) is 5.21. The SMILES string of the molecule is CCOc1cccc(C(=O)Nc2cnn(Cc3cccc(C)c3)c2)c1. The number of nitrogens with one attached hydrogen (secondary N) is 1. The molecule has 0 radical (unpaired) electrons. The Morgan fingerprint density at radius 1 is 1.20 bits per heavy atom. The summed E-state index contributed by atoms with van der Waals surface area (Å²) in [5.41, 5.74) is 3.61. The number of rotatable bonds is 6. The van der Waals surface area contributed by atoms with Gasteiger partial charge < -0.3 is 10.1 Å². The molecule has 0 atom stereocenters. The zero-order chi connectivity index (χ0) is 17.6. The Morgan fingerprint density at radius 3 is 2.84 bits per heavy atom. The number of anilines is 1. The van der Waals surface area contributed by atoms with Gasteiger partial charge in [0.05, 0.1) is 25.0 Å². The maximum Gasteiger partial charge on any atom is 0.255 e. The van der Waals surface area contributed by atoms with E-state index in [4.69, 9.17) is 4.74 Å². The van der Waals surface area contributed by atoms with Crippen molar-refractivity contribution in [3.8, 4) is 5.75 Å². The molecule has 5 nitrogen and oxygen atoms in total. The number of aromatic nitrogens is 2. The highest BCUT2D eigenvalue weighted by Gasteiger charge is 2.09. The summed E-state index contributed by atoms with van der Waals surface area (Å²) < 4.78 is 7.24. The summed E-state index contributed by atoms with van der Waals surface area (Å²) in [6, 6.07) is 15.4. The average molecular weight is 335 g/mol. The van der Waals surface area contributed by atoms with Crippen LogP contribution in [0, 0.1) is 6.92 Å². The number of carbonyl (C=O) groups excluding carboxylic acids is 1. The third-order valence-corrected chi connectivity index (χ3v) is 3.73.